The molecule has 0 saturated carbocycles. The van der Waals surface area contributed by atoms with Gasteiger partial charge in [0.15, 0.2) is 20.7 Å². The van der Waals surface area contributed by atoms with Gasteiger partial charge in [-0.3, -0.25) is 4.79 Å². The molecule has 10 heteroatoms. The van der Waals surface area contributed by atoms with Crippen LogP contribution in [0.25, 0.3) is 0 Å². The van der Waals surface area contributed by atoms with Crippen LogP contribution in [-0.4, -0.2) is 59.1 Å². The zero-order chi connectivity index (χ0) is 21.7. The number of thioether (sulfide) groups is 1. The number of carbonyl (C=O) groups is 1. The molecule has 1 aliphatic heterocycles. The zero-order valence-electron chi connectivity index (χ0n) is 16.9. The number of hydrogen-bond acceptors (Lipinski definition) is 7. The standard InChI is InChI=1S/C20H24ClN3O4S2/c1-3-28-16-7-5-14(6-8-16)12-24(15-9-10-30(26,27)13-15)19(25)18-17(21)11-22-20(23-18)29-4-2/h5-8,11,15H,3-4,9-10,12-13H2,1-2H3/t15-/m1/s1. The summed E-state index contributed by atoms with van der Waals surface area (Å²) in [5, 5.41) is 0.614. The van der Waals surface area contributed by atoms with Crippen LogP contribution in [0.1, 0.15) is 36.3 Å². The molecule has 1 atom stereocenters. The Bertz CT molecular complexity index is 1000. The maximum absolute atomic E-state index is 13.4. The van der Waals surface area contributed by atoms with Gasteiger partial charge in [0.1, 0.15) is 5.75 Å². The van der Waals surface area contributed by atoms with Crippen molar-refractivity contribution in [3.05, 3.63) is 46.7 Å². The predicted octanol–water partition coefficient (Wildman–Crippen LogP) is 3.47. The third-order valence-corrected chi connectivity index (χ3v) is 7.47. The van der Waals surface area contributed by atoms with Crippen molar-refractivity contribution in [3.63, 3.8) is 0 Å². The van der Waals surface area contributed by atoms with Crippen molar-refractivity contribution in [2.24, 2.45) is 0 Å². The highest BCUT2D eigenvalue weighted by Crippen LogP contribution is 2.26. The lowest BCUT2D eigenvalue weighted by molar-refractivity contribution is 0.0674. The van der Waals surface area contributed by atoms with Gasteiger partial charge in [-0.1, -0.05) is 42.4 Å². The molecule has 1 aromatic heterocycles. The summed E-state index contributed by atoms with van der Waals surface area (Å²) in [6.45, 7) is 4.69. The molecule has 1 fully saturated rings. The number of amides is 1. The summed E-state index contributed by atoms with van der Waals surface area (Å²) in [6, 6.07) is 6.98. The Morgan fingerprint density at radius 1 is 1.30 bits per heavy atom. The second-order valence-corrected chi connectivity index (χ2v) is 10.7. The van der Waals surface area contributed by atoms with Crippen molar-refractivity contribution >= 4 is 39.1 Å². The minimum atomic E-state index is -3.17. The lowest BCUT2D eigenvalue weighted by Gasteiger charge is -2.28. The van der Waals surface area contributed by atoms with E-state index in [-0.39, 0.29) is 28.8 Å². The molecule has 0 unspecified atom stereocenters. The van der Waals surface area contributed by atoms with Crippen LogP contribution in [0.5, 0.6) is 5.75 Å². The maximum Gasteiger partial charge on any atom is 0.274 e. The van der Waals surface area contributed by atoms with Crippen molar-refractivity contribution in [2.75, 3.05) is 23.9 Å². The fraction of sp³-hybridized carbons (Fsp3) is 0.450. The zero-order valence-corrected chi connectivity index (χ0v) is 19.3. The van der Waals surface area contributed by atoms with Crippen molar-refractivity contribution in [1.82, 2.24) is 14.9 Å². The first-order chi connectivity index (χ1) is 14.3. The van der Waals surface area contributed by atoms with E-state index in [0.29, 0.717) is 18.2 Å². The number of aromatic nitrogens is 2. The Labute approximate surface area is 186 Å². The van der Waals surface area contributed by atoms with E-state index in [1.807, 2.05) is 38.1 Å². The van der Waals surface area contributed by atoms with Crippen molar-refractivity contribution in [3.8, 4) is 5.75 Å². The fourth-order valence-corrected chi connectivity index (χ4v) is 5.72. The van der Waals surface area contributed by atoms with Crippen LogP contribution in [0.3, 0.4) is 0 Å². The number of benzene rings is 1. The second-order valence-electron chi connectivity index (χ2n) is 6.85. The molecule has 1 amide bonds. The van der Waals surface area contributed by atoms with Crippen LogP contribution in [0.15, 0.2) is 35.6 Å². The second kappa shape index (κ2) is 9.98. The molecule has 0 bridgehead atoms. The molecular formula is C20H24ClN3O4S2. The lowest BCUT2D eigenvalue weighted by atomic mass is 10.1. The SMILES string of the molecule is CCOc1ccc(CN(C(=O)c2nc(SCC)ncc2Cl)[C@@H]2CCS(=O)(=O)C2)cc1. The van der Waals surface area contributed by atoms with E-state index in [4.69, 9.17) is 16.3 Å². The monoisotopic (exact) mass is 469 g/mol. The van der Waals surface area contributed by atoms with Crippen LogP contribution in [-0.2, 0) is 16.4 Å². The molecule has 30 heavy (non-hydrogen) atoms. The average molecular weight is 470 g/mol. The van der Waals surface area contributed by atoms with Gasteiger partial charge in [-0.25, -0.2) is 18.4 Å². The van der Waals surface area contributed by atoms with Crippen molar-refractivity contribution < 1.29 is 17.9 Å². The molecule has 1 aliphatic rings. The van der Waals surface area contributed by atoms with Gasteiger partial charge in [-0.2, -0.15) is 0 Å². The van der Waals surface area contributed by atoms with E-state index in [2.05, 4.69) is 9.97 Å². The van der Waals surface area contributed by atoms with Gasteiger partial charge in [0.2, 0.25) is 0 Å². The van der Waals surface area contributed by atoms with Gasteiger partial charge in [0.05, 0.1) is 29.3 Å². The van der Waals surface area contributed by atoms with Gasteiger partial charge in [0, 0.05) is 12.6 Å². The molecule has 2 aromatic rings. The number of nitrogens with zero attached hydrogens (tertiary/aromatic N) is 3. The fourth-order valence-electron chi connectivity index (χ4n) is 3.28. The lowest BCUT2D eigenvalue weighted by Crippen LogP contribution is -2.41. The highest BCUT2D eigenvalue weighted by molar-refractivity contribution is 7.99. The molecular weight excluding hydrogens is 446 g/mol. The molecule has 1 aromatic carbocycles. The normalized spacial score (nSPS) is 17.6. The van der Waals surface area contributed by atoms with Crippen LogP contribution >= 0.6 is 23.4 Å². The highest BCUT2D eigenvalue weighted by atomic mass is 35.5. The number of carbonyl (C=O) groups excluding carboxylic acids is 1. The number of ether oxygens (including phenoxy) is 1. The molecule has 0 spiro atoms. The Morgan fingerprint density at radius 2 is 2.03 bits per heavy atom. The van der Waals surface area contributed by atoms with E-state index in [1.54, 1.807) is 4.90 Å². The van der Waals surface area contributed by atoms with Gasteiger partial charge < -0.3 is 9.64 Å². The minimum Gasteiger partial charge on any atom is -0.494 e. The number of hydrogen-bond donors (Lipinski definition) is 0. The third-order valence-electron chi connectivity index (χ3n) is 4.70. The summed E-state index contributed by atoms with van der Waals surface area (Å²) < 4.78 is 29.6. The maximum atomic E-state index is 13.4. The predicted molar refractivity (Wildman–Crippen MR) is 118 cm³/mol. The van der Waals surface area contributed by atoms with Crippen molar-refractivity contribution in [2.45, 2.75) is 38.0 Å². The number of sulfone groups is 1. The van der Waals surface area contributed by atoms with Crippen LogP contribution in [0, 0.1) is 0 Å². The summed E-state index contributed by atoms with van der Waals surface area (Å²) in [5.74, 6) is 1.11. The molecule has 7 nitrogen and oxygen atoms in total. The molecule has 0 radical (unpaired) electrons. The van der Waals surface area contributed by atoms with E-state index in [1.165, 1.54) is 18.0 Å². The smallest absolute Gasteiger partial charge is 0.274 e. The first kappa shape index (κ1) is 22.8. The molecule has 0 N–H and O–H groups in total. The van der Waals surface area contributed by atoms with E-state index in [9.17, 15) is 13.2 Å². The summed E-state index contributed by atoms with van der Waals surface area (Å²) in [6.07, 6.45) is 1.81. The summed E-state index contributed by atoms with van der Waals surface area (Å²) >= 11 is 7.65. The summed E-state index contributed by atoms with van der Waals surface area (Å²) in [4.78, 5) is 23.5. The van der Waals surface area contributed by atoms with Crippen LogP contribution < -0.4 is 4.74 Å². The number of halogens is 1. The van der Waals surface area contributed by atoms with Gasteiger partial charge in [0.25, 0.3) is 5.91 Å². The summed E-state index contributed by atoms with van der Waals surface area (Å²) in [7, 11) is -3.17. The average Bonchev–Trinajstić information content (AvgIpc) is 3.08. The van der Waals surface area contributed by atoms with Crippen molar-refractivity contribution in [1.29, 1.82) is 0 Å². The van der Waals surface area contributed by atoms with Gasteiger partial charge in [-0.15, -0.1) is 0 Å². The Balaban J connectivity index is 1.91. The van der Waals surface area contributed by atoms with E-state index in [0.717, 1.165) is 17.1 Å². The molecule has 1 saturated heterocycles. The van der Waals surface area contributed by atoms with E-state index >= 15 is 0 Å². The molecule has 0 aliphatic carbocycles. The van der Waals surface area contributed by atoms with Gasteiger partial charge >= 0.3 is 0 Å². The Hall–Kier alpha value is -1.84. The molecule has 162 valence electrons. The Morgan fingerprint density at radius 3 is 2.63 bits per heavy atom. The molecule has 3 rings (SSSR count). The topological polar surface area (TPSA) is 89.5 Å². The Kier molecular flexibility index (Phi) is 7.60. The largest absolute Gasteiger partial charge is 0.494 e. The highest BCUT2D eigenvalue weighted by Gasteiger charge is 2.36. The first-order valence-corrected chi connectivity index (χ1v) is 12.9. The third kappa shape index (κ3) is 5.65. The minimum absolute atomic E-state index is 0.0605. The first-order valence-electron chi connectivity index (χ1n) is 9.71. The van der Waals surface area contributed by atoms with E-state index < -0.39 is 21.8 Å². The van der Waals surface area contributed by atoms with Crippen LogP contribution in [0.4, 0.5) is 0 Å². The number of rotatable bonds is 8. The quantitative estimate of drug-likeness (QED) is 0.432. The molecule has 2 heterocycles. The summed E-state index contributed by atoms with van der Waals surface area (Å²) in [5.41, 5.74) is 0.960. The van der Waals surface area contributed by atoms with Gasteiger partial charge in [-0.05, 0) is 36.8 Å². The van der Waals surface area contributed by atoms with Crippen LogP contribution in [0.2, 0.25) is 5.02 Å².